The Hall–Kier alpha value is -3.28. The number of para-hydroxylation sites is 1. The molecule has 0 spiro atoms. The molecule has 1 heterocycles. The number of anilines is 1. The largest absolute Gasteiger partial charge is 0.508 e. The lowest BCUT2D eigenvalue weighted by atomic mass is 9.69. The molecule has 1 saturated carbocycles. The van der Waals surface area contributed by atoms with Gasteiger partial charge in [0.25, 0.3) is 0 Å². The van der Waals surface area contributed by atoms with Crippen LogP contribution >= 0.6 is 0 Å². The van der Waals surface area contributed by atoms with Crippen molar-refractivity contribution in [2.24, 2.45) is 0 Å². The van der Waals surface area contributed by atoms with Crippen LogP contribution in [-0.2, 0) is 11.2 Å². The number of benzene rings is 2. The van der Waals surface area contributed by atoms with Gasteiger partial charge in [-0.15, -0.1) is 0 Å². The van der Waals surface area contributed by atoms with E-state index in [1.807, 2.05) is 42.5 Å². The molecule has 0 radical (unpaired) electrons. The van der Waals surface area contributed by atoms with Gasteiger partial charge in [0, 0.05) is 5.56 Å². The van der Waals surface area contributed by atoms with Crippen molar-refractivity contribution in [2.45, 2.75) is 31.1 Å². The zero-order valence-electron chi connectivity index (χ0n) is 15.7. The van der Waals surface area contributed by atoms with Gasteiger partial charge in [0.1, 0.15) is 17.3 Å². The fourth-order valence-corrected chi connectivity index (χ4v) is 3.78. The highest BCUT2D eigenvalue weighted by molar-refractivity contribution is 5.92. The predicted octanol–water partition coefficient (Wildman–Crippen LogP) is 3.97. The van der Waals surface area contributed by atoms with Crippen LogP contribution in [0.1, 0.15) is 41.4 Å². The molecule has 1 aliphatic carbocycles. The van der Waals surface area contributed by atoms with E-state index in [0.717, 1.165) is 35.3 Å². The standard InChI is InChI=1S/C22H23N3O3/c1-28-17-8-6-14(7-9-17)10-21(27)24-22-19(13-23-25-22)16-11-15(12-16)18-4-2-3-5-20(18)26/h2-9,13,15-16,26H,10-12H2,1H3,(H2,23,24,25,27). The molecule has 2 aromatic carbocycles. The number of aromatic amines is 1. The molecule has 6 heteroatoms. The van der Waals surface area contributed by atoms with Crippen molar-refractivity contribution in [1.82, 2.24) is 10.2 Å². The molecule has 4 rings (SSSR count). The van der Waals surface area contributed by atoms with Crippen LogP contribution in [-0.4, -0.2) is 28.3 Å². The van der Waals surface area contributed by atoms with E-state index in [0.29, 0.717) is 23.4 Å². The Bertz CT molecular complexity index is 959. The van der Waals surface area contributed by atoms with Gasteiger partial charge in [-0.1, -0.05) is 30.3 Å². The number of carbonyl (C=O) groups excluding carboxylic acids is 1. The molecule has 1 aliphatic rings. The lowest BCUT2D eigenvalue weighted by Gasteiger charge is -2.36. The van der Waals surface area contributed by atoms with Gasteiger partial charge in [0.15, 0.2) is 0 Å². The Labute approximate surface area is 163 Å². The van der Waals surface area contributed by atoms with E-state index in [-0.39, 0.29) is 12.3 Å². The fourth-order valence-electron chi connectivity index (χ4n) is 3.78. The number of phenols is 1. The number of phenolic OH excluding ortho intramolecular Hbond substituents is 1. The molecule has 0 saturated heterocycles. The fraction of sp³-hybridized carbons (Fsp3) is 0.273. The van der Waals surface area contributed by atoms with Gasteiger partial charge >= 0.3 is 0 Å². The highest BCUT2D eigenvalue weighted by atomic mass is 16.5. The van der Waals surface area contributed by atoms with Crippen molar-refractivity contribution in [3.63, 3.8) is 0 Å². The quantitative estimate of drug-likeness (QED) is 0.607. The van der Waals surface area contributed by atoms with E-state index >= 15 is 0 Å². The number of hydrogen-bond donors (Lipinski definition) is 3. The second-order valence-electron chi connectivity index (χ2n) is 7.20. The van der Waals surface area contributed by atoms with Crippen molar-refractivity contribution in [2.75, 3.05) is 12.4 Å². The Morgan fingerprint density at radius 3 is 2.57 bits per heavy atom. The number of ether oxygens (including phenoxy) is 1. The van der Waals surface area contributed by atoms with Crippen molar-refractivity contribution < 1.29 is 14.6 Å². The van der Waals surface area contributed by atoms with Crippen LogP contribution in [0, 0.1) is 0 Å². The second-order valence-corrected chi connectivity index (χ2v) is 7.20. The summed E-state index contributed by atoms with van der Waals surface area (Å²) in [6.07, 6.45) is 3.93. The van der Waals surface area contributed by atoms with Gasteiger partial charge in [0.2, 0.25) is 5.91 Å². The summed E-state index contributed by atoms with van der Waals surface area (Å²) in [7, 11) is 1.62. The molecule has 6 nitrogen and oxygen atoms in total. The zero-order chi connectivity index (χ0) is 19.5. The maximum Gasteiger partial charge on any atom is 0.229 e. The maximum atomic E-state index is 12.4. The Morgan fingerprint density at radius 1 is 1.14 bits per heavy atom. The molecule has 1 amide bonds. The van der Waals surface area contributed by atoms with E-state index in [2.05, 4.69) is 15.5 Å². The first-order valence-electron chi connectivity index (χ1n) is 9.38. The van der Waals surface area contributed by atoms with Crippen molar-refractivity contribution in [3.8, 4) is 11.5 Å². The molecule has 3 aromatic rings. The van der Waals surface area contributed by atoms with Crippen LogP contribution in [0.25, 0.3) is 0 Å². The number of amides is 1. The average molecular weight is 377 g/mol. The lowest BCUT2D eigenvalue weighted by molar-refractivity contribution is -0.115. The smallest absolute Gasteiger partial charge is 0.229 e. The summed E-state index contributed by atoms with van der Waals surface area (Å²) < 4.78 is 5.14. The first-order chi connectivity index (χ1) is 13.6. The molecule has 28 heavy (non-hydrogen) atoms. The minimum Gasteiger partial charge on any atom is -0.508 e. The highest BCUT2D eigenvalue weighted by Gasteiger charge is 2.35. The second kappa shape index (κ2) is 7.76. The number of aromatic nitrogens is 2. The van der Waals surface area contributed by atoms with Crippen molar-refractivity contribution in [3.05, 3.63) is 71.4 Å². The third kappa shape index (κ3) is 3.71. The number of carbonyl (C=O) groups is 1. The summed E-state index contributed by atoms with van der Waals surface area (Å²) in [5, 5.41) is 20.0. The van der Waals surface area contributed by atoms with Gasteiger partial charge in [-0.05, 0) is 54.0 Å². The summed E-state index contributed by atoms with van der Waals surface area (Å²) in [5.41, 5.74) is 2.93. The van der Waals surface area contributed by atoms with Gasteiger partial charge in [-0.2, -0.15) is 5.10 Å². The lowest BCUT2D eigenvalue weighted by Crippen LogP contribution is -2.22. The topological polar surface area (TPSA) is 87.2 Å². The van der Waals surface area contributed by atoms with Gasteiger partial charge in [-0.25, -0.2) is 0 Å². The monoisotopic (exact) mass is 377 g/mol. The Morgan fingerprint density at radius 2 is 1.86 bits per heavy atom. The normalized spacial score (nSPS) is 18.3. The number of rotatable bonds is 6. The SMILES string of the molecule is COc1ccc(CC(=O)Nc2[nH]ncc2C2CC(c3ccccc3O)C2)cc1. The van der Waals surface area contributed by atoms with Crippen LogP contribution in [0.2, 0.25) is 0 Å². The van der Waals surface area contributed by atoms with E-state index < -0.39 is 0 Å². The Kier molecular flexibility index (Phi) is 5.02. The minimum absolute atomic E-state index is 0.0905. The van der Waals surface area contributed by atoms with E-state index in [4.69, 9.17) is 4.74 Å². The number of H-pyrrole nitrogens is 1. The van der Waals surface area contributed by atoms with Crippen LogP contribution in [0.5, 0.6) is 11.5 Å². The van der Waals surface area contributed by atoms with E-state index in [9.17, 15) is 9.90 Å². The molecule has 0 atom stereocenters. The van der Waals surface area contributed by atoms with Gasteiger partial charge in [-0.3, -0.25) is 9.89 Å². The van der Waals surface area contributed by atoms with Gasteiger partial charge in [0.05, 0.1) is 19.7 Å². The summed E-state index contributed by atoms with van der Waals surface area (Å²) in [6.45, 7) is 0. The number of nitrogens with zero attached hydrogens (tertiary/aromatic N) is 1. The highest BCUT2D eigenvalue weighted by Crippen LogP contribution is 2.50. The minimum atomic E-state index is -0.0905. The summed E-state index contributed by atoms with van der Waals surface area (Å²) >= 11 is 0. The molecule has 0 bridgehead atoms. The number of aromatic hydroxyl groups is 1. The summed E-state index contributed by atoms with van der Waals surface area (Å²) in [4.78, 5) is 12.4. The van der Waals surface area contributed by atoms with Gasteiger partial charge < -0.3 is 15.2 Å². The molecule has 1 fully saturated rings. The van der Waals surface area contributed by atoms with E-state index in [1.54, 1.807) is 19.4 Å². The van der Waals surface area contributed by atoms with Crippen LogP contribution in [0.15, 0.2) is 54.7 Å². The predicted molar refractivity (Wildman–Crippen MR) is 107 cm³/mol. The third-order valence-electron chi connectivity index (χ3n) is 5.41. The van der Waals surface area contributed by atoms with Crippen molar-refractivity contribution >= 4 is 11.7 Å². The molecular weight excluding hydrogens is 354 g/mol. The summed E-state index contributed by atoms with van der Waals surface area (Å²) in [6, 6.07) is 14.9. The molecule has 3 N–H and O–H groups in total. The number of hydrogen-bond acceptors (Lipinski definition) is 4. The third-order valence-corrected chi connectivity index (χ3v) is 5.41. The van der Waals surface area contributed by atoms with E-state index in [1.165, 1.54) is 0 Å². The average Bonchev–Trinajstić information content (AvgIpc) is 3.10. The first kappa shape index (κ1) is 18.1. The zero-order valence-corrected chi connectivity index (χ0v) is 15.7. The molecule has 0 aliphatic heterocycles. The van der Waals surface area contributed by atoms with Crippen LogP contribution < -0.4 is 10.1 Å². The first-order valence-corrected chi connectivity index (χ1v) is 9.38. The maximum absolute atomic E-state index is 12.4. The van der Waals surface area contributed by atoms with Crippen LogP contribution in [0.4, 0.5) is 5.82 Å². The summed E-state index contributed by atoms with van der Waals surface area (Å²) in [5.74, 6) is 2.35. The molecule has 0 unspecified atom stereocenters. The molecule has 144 valence electrons. The Balaban J connectivity index is 1.37. The molecule has 1 aromatic heterocycles. The molecular formula is C22H23N3O3. The van der Waals surface area contributed by atoms with Crippen LogP contribution in [0.3, 0.4) is 0 Å². The number of nitrogens with one attached hydrogen (secondary N) is 2. The number of methoxy groups -OCH3 is 1. The van der Waals surface area contributed by atoms with Crippen molar-refractivity contribution in [1.29, 1.82) is 0 Å².